The highest BCUT2D eigenvalue weighted by Crippen LogP contribution is 2.22. The lowest BCUT2D eigenvalue weighted by Gasteiger charge is -2.37. The summed E-state index contributed by atoms with van der Waals surface area (Å²) in [6.45, 7) is 6.86. The Morgan fingerprint density at radius 1 is 1.00 bits per heavy atom. The maximum absolute atomic E-state index is 10.4. The summed E-state index contributed by atoms with van der Waals surface area (Å²) >= 11 is 6.09. The van der Waals surface area contributed by atoms with Crippen molar-refractivity contribution in [3.63, 3.8) is 0 Å². The summed E-state index contributed by atoms with van der Waals surface area (Å²) in [4.78, 5) is 4.65. The summed E-state index contributed by atoms with van der Waals surface area (Å²) in [5.74, 6) is 0. The minimum Gasteiger partial charge on any atom is -0.389 e. The fourth-order valence-corrected chi connectivity index (χ4v) is 3.74. The van der Waals surface area contributed by atoms with Crippen molar-refractivity contribution in [1.82, 2.24) is 4.90 Å². The number of ether oxygens (including phenoxy) is 1. The maximum Gasteiger partial charge on any atom is 0.0900 e. The molecule has 162 valence electrons. The van der Waals surface area contributed by atoms with Gasteiger partial charge in [0.2, 0.25) is 0 Å². The summed E-state index contributed by atoms with van der Waals surface area (Å²) in [7, 11) is 0. The van der Waals surface area contributed by atoms with Crippen molar-refractivity contribution in [2.24, 2.45) is 0 Å². The van der Waals surface area contributed by atoms with Crippen LogP contribution in [0.5, 0.6) is 0 Å². The number of rotatable bonds is 8. The van der Waals surface area contributed by atoms with E-state index in [1.54, 1.807) is 0 Å². The zero-order valence-electron chi connectivity index (χ0n) is 16.7. The first-order valence-corrected chi connectivity index (χ1v) is 10.1. The monoisotopic (exact) mass is 460 g/mol. The van der Waals surface area contributed by atoms with Crippen LogP contribution < -0.4 is 4.90 Å². The third-order valence-electron chi connectivity index (χ3n) is 5.05. The molecule has 1 heterocycles. The van der Waals surface area contributed by atoms with Gasteiger partial charge < -0.3 is 14.7 Å². The van der Waals surface area contributed by atoms with Gasteiger partial charge in [0, 0.05) is 43.4 Å². The number of β-amino-alcohol motifs (C(OH)–C–C–N with tert-alkyl or cyclic N) is 1. The fraction of sp³-hybridized carbons (Fsp3) is 0.455. The molecule has 1 aliphatic heterocycles. The Morgan fingerprint density at radius 2 is 1.69 bits per heavy atom. The summed E-state index contributed by atoms with van der Waals surface area (Å²) in [5, 5.41) is 11.2. The van der Waals surface area contributed by atoms with Crippen LogP contribution in [-0.2, 0) is 4.74 Å². The van der Waals surface area contributed by atoms with E-state index in [1.165, 1.54) is 11.3 Å². The summed E-state index contributed by atoms with van der Waals surface area (Å²) in [6.07, 6.45) is 0.468. The predicted molar refractivity (Wildman–Crippen MR) is 126 cm³/mol. The number of hydrogen-bond donors (Lipinski definition) is 1. The number of halogens is 3. The lowest BCUT2D eigenvalue weighted by Crippen LogP contribution is -2.49. The predicted octanol–water partition coefficient (Wildman–Crippen LogP) is 4.83. The van der Waals surface area contributed by atoms with Gasteiger partial charge in [-0.25, -0.2) is 0 Å². The van der Waals surface area contributed by atoms with E-state index in [9.17, 15) is 5.11 Å². The van der Waals surface area contributed by atoms with Gasteiger partial charge in [0.1, 0.15) is 0 Å². The molecule has 4 nitrogen and oxygen atoms in total. The molecule has 2 aromatic rings. The van der Waals surface area contributed by atoms with E-state index < -0.39 is 6.10 Å². The Labute approximate surface area is 191 Å². The average molecular weight is 462 g/mol. The first-order valence-electron chi connectivity index (χ1n) is 9.73. The lowest BCUT2D eigenvalue weighted by atomic mass is 10.1. The quantitative estimate of drug-likeness (QED) is 0.610. The zero-order valence-corrected chi connectivity index (χ0v) is 19.1. The number of aliphatic hydroxyl groups is 1. The van der Waals surface area contributed by atoms with E-state index in [1.807, 2.05) is 36.4 Å². The largest absolute Gasteiger partial charge is 0.389 e. The molecule has 2 atom stereocenters. The van der Waals surface area contributed by atoms with E-state index in [0.717, 1.165) is 37.6 Å². The first-order chi connectivity index (χ1) is 13.2. The van der Waals surface area contributed by atoms with E-state index in [4.69, 9.17) is 16.3 Å². The number of hydrogen-bond acceptors (Lipinski definition) is 4. The second kappa shape index (κ2) is 13.3. The van der Waals surface area contributed by atoms with Crippen LogP contribution in [0.15, 0.2) is 54.6 Å². The van der Waals surface area contributed by atoms with Crippen molar-refractivity contribution < 1.29 is 9.84 Å². The molecule has 29 heavy (non-hydrogen) atoms. The Hall–Kier alpha value is -1.01. The minimum atomic E-state index is -0.472. The van der Waals surface area contributed by atoms with Gasteiger partial charge >= 0.3 is 0 Å². The topological polar surface area (TPSA) is 35.9 Å². The highest BCUT2D eigenvalue weighted by atomic mass is 35.5. The number of benzene rings is 2. The Morgan fingerprint density at radius 3 is 2.31 bits per heavy atom. The molecule has 1 saturated heterocycles. The first kappa shape index (κ1) is 26.0. The Balaban J connectivity index is 0.00000210. The molecule has 0 spiro atoms. The van der Waals surface area contributed by atoms with E-state index in [-0.39, 0.29) is 30.9 Å². The molecule has 1 N–H and O–H groups in total. The SMILES string of the molecule is CCC(OCC(O)CN1CCN(c2cccc(Cl)c2)CC1)c1ccccc1.Cl.Cl. The van der Waals surface area contributed by atoms with Crippen molar-refractivity contribution >= 4 is 42.1 Å². The summed E-state index contributed by atoms with van der Waals surface area (Å²) < 4.78 is 5.98. The second-order valence-corrected chi connectivity index (χ2v) is 7.50. The average Bonchev–Trinajstić information content (AvgIpc) is 2.70. The summed E-state index contributed by atoms with van der Waals surface area (Å²) in [6, 6.07) is 18.2. The molecule has 0 aromatic heterocycles. The van der Waals surface area contributed by atoms with Gasteiger partial charge in [0.25, 0.3) is 0 Å². The highest BCUT2D eigenvalue weighted by Gasteiger charge is 2.20. The lowest BCUT2D eigenvalue weighted by molar-refractivity contribution is -0.0240. The van der Waals surface area contributed by atoms with Crippen LogP contribution in [0, 0.1) is 0 Å². The molecular weight excluding hydrogens is 431 g/mol. The van der Waals surface area contributed by atoms with Gasteiger partial charge in [0.15, 0.2) is 0 Å². The maximum atomic E-state index is 10.4. The smallest absolute Gasteiger partial charge is 0.0900 e. The van der Waals surface area contributed by atoms with Crippen molar-refractivity contribution in [1.29, 1.82) is 0 Å². The standard InChI is InChI=1S/C22H29ClN2O2.2ClH/c1-2-22(18-7-4-3-5-8-18)27-17-21(26)16-24-11-13-25(14-12-24)20-10-6-9-19(23)15-20;;/h3-10,15,21-22,26H,2,11-14,16-17H2,1H3;2*1H. The van der Waals surface area contributed by atoms with Gasteiger partial charge in [0.05, 0.1) is 18.8 Å². The highest BCUT2D eigenvalue weighted by molar-refractivity contribution is 6.30. The summed E-state index contributed by atoms with van der Waals surface area (Å²) in [5.41, 5.74) is 2.34. The molecule has 1 fully saturated rings. The van der Waals surface area contributed by atoms with Gasteiger partial charge in [-0.15, -0.1) is 24.8 Å². The molecule has 0 amide bonds. The second-order valence-electron chi connectivity index (χ2n) is 7.06. The third-order valence-corrected chi connectivity index (χ3v) is 5.28. The minimum absolute atomic E-state index is 0. The Bertz CT molecular complexity index is 697. The molecular formula is C22H31Cl3N2O2. The Kier molecular flexibility index (Phi) is 12.0. The van der Waals surface area contributed by atoms with Gasteiger partial charge in [-0.05, 0) is 30.2 Å². The van der Waals surface area contributed by atoms with Crippen LogP contribution in [0.3, 0.4) is 0 Å². The van der Waals surface area contributed by atoms with Crippen molar-refractivity contribution in [3.05, 3.63) is 65.2 Å². The zero-order chi connectivity index (χ0) is 19.1. The molecule has 7 heteroatoms. The number of nitrogens with zero attached hydrogens (tertiary/aromatic N) is 2. The van der Waals surface area contributed by atoms with Crippen molar-refractivity contribution in [2.45, 2.75) is 25.6 Å². The van der Waals surface area contributed by atoms with Crippen LogP contribution in [0.2, 0.25) is 5.02 Å². The van der Waals surface area contributed by atoms with Crippen LogP contribution in [0.25, 0.3) is 0 Å². The molecule has 3 rings (SSSR count). The van der Waals surface area contributed by atoms with E-state index in [0.29, 0.717) is 13.2 Å². The molecule has 0 bridgehead atoms. The van der Waals surface area contributed by atoms with Crippen molar-refractivity contribution in [2.75, 3.05) is 44.2 Å². The van der Waals surface area contributed by atoms with Gasteiger partial charge in [-0.3, -0.25) is 4.90 Å². The molecule has 2 unspecified atom stereocenters. The van der Waals surface area contributed by atoms with E-state index >= 15 is 0 Å². The van der Waals surface area contributed by atoms with Crippen LogP contribution in [-0.4, -0.2) is 55.4 Å². The van der Waals surface area contributed by atoms with Crippen LogP contribution >= 0.6 is 36.4 Å². The van der Waals surface area contributed by atoms with Crippen LogP contribution in [0.4, 0.5) is 5.69 Å². The number of piperazine rings is 1. The van der Waals surface area contributed by atoms with Gasteiger partial charge in [-0.2, -0.15) is 0 Å². The fourth-order valence-electron chi connectivity index (χ4n) is 3.56. The van der Waals surface area contributed by atoms with Crippen molar-refractivity contribution in [3.8, 4) is 0 Å². The van der Waals surface area contributed by atoms with Crippen LogP contribution in [0.1, 0.15) is 25.0 Å². The van der Waals surface area contributed by atoms with Gasteiger partial charge in [-0.1, -0.05) is 54.9 Å². The number of aliphatic hydroxyl groups excluding tert-OH is 1. The third kappa shape index (κ3) is 7.97. The molecule has 0 aliphatic carbocycles. The molecule has 0 radical (unpaired) electrons. The molecule has 1 aliphatic rings. The van der Waals surface area contributed by atoms with E-state index in [2.05, 4.69) is 34.9 Å². The number of anilines is 1. The molecule has 2 aromatic carbocycles. The normalized spacial score (nSPS) is 16.4. The molecule has 0 saturated carbocycles.